The maximum absolute atomic E-state index is 11.1. The predicted molar refractivity (Wildman–Crippen MR) is 69.2 cm³/mol. The van der Waals surface area contributed by atoms with Gasteiger partial charge in [0.05, 0.1) is 18.1 Å². The van der Waals surface area contributed by atoms with Gasteiger partial charge in [0.15, 0.2) is 0 Å². The van der Waals surface area contributed by atoms with Gasteiger partial charge in [-0.3, -0.25) is 4.79 Å². The van der Waals surface area contributed by atoms with Gasteiger partial charge in [0.25, 0.3) is 0 Å². The third-order valence-corrected chi connectivity index (χ3v) is 3.88. The summed E-state index contributed by atoms with van der Waals surface area (Å²) in [6.07, 6.45) is 3.31. The summed E-state index contributed by atoms with van der Waals surface area (Å²) >= 11 is 0. The van der Waals surface area contributed by atoms with Gasteiger partial charge < -0.3 is 9.84 Å². The molecule has 1 aliphatic rings. The first-order valence-corrected chi connectivity index (χ1v) is 6.49. The fraction of sp³-hybridized carbons (Fsp3) is 0.533. The standard InChI is InChI=1S/C15H20O3/c1-15(14(16)17)9-7-13(8-10-15)18-11-12-5-3-2-4-6-12/h2-6,13H,7-11H2,1H3,(H,16,17). The molecule has 0 atom stereocenters. The molecule has 0 aromatic heterocycles. The predicted octanol–water partition coefficient (Wildman–Crippen LogP) is 3.24. The van der Waals surface area contributed by atoms with Crippen molar-refractivity contribution >= 4 is 5.97 Å². The van der Waals surface area contributed by atoms with Gasteiger partial charge in [0, 0.05) is 0 Å². The first-order valence-electron chi connectivity index (χ1n) is 6.49. The Labute approximate surface area is 108 Å². The average Bonchev–Trinajstić information content (AvgIpc) is 2.39. The lowest BCUT2D eigenvalue weighted by molar-refractivity contribution is -0.151. The van der Waals surface area contributed by atoms with Crippen molar-refractivity contribution in [2.24, 2.45) is 5.41 Å². The van der Waals surface area contributed by atoms with E-state index in [4.69, 9.17) is 9.84 Å². The van der Waals surface area contributed by atoms with Crippen molar-refractivity contribution in [1.29, 1.82) is 0 Å². The van der Waals surface area contributed by atoms with E-state index < -0.39 is 11.4 Å². The van der Waals surface area contributed by atoms with E-state index in [0.717, 1.165) is 12.8 Å². The molecule has 1 N–H and O–H groups in total. The van der Waals surface area contributed by atoms with E-state index in [1.54, 1.807) is 0 Å². The van der Waals surface area contributed by atoms with Crippen molar-refractivity contribution in [3.8, 4) is 0 Å². The molecule has 0 spiro atoms. The van der Waals surface area contributed by atoms with Gasteiger partial charge in [0.2, 0.25) is 0 Å². The van der Waals surface area contributed by atoms with Crippen LogP contribution in [0.2, 0.25) is 0 Å². The van der Waals surface area contributed by atoms with Crippen LogP contribution in [0.1, 0.15) is 38.2 Å². The molecule has 3 heteroatoms. The lowest BCUT2D eigenvalue weighted by Gasteiger charge is -2.33. The third-order valence-electron chi connectivity index (χ3n) is 3.88. The van der Waals surface area contributed by atoms with Crippen molar-refractivity contribution in [1.82, 2.24) is 0 Å². The molecule has 2 rings (SSSR count). The Morgan fingerprint density at radius 1 is 1.33 bits per heavy atom. The Morgan fingerprint density at radius 3 is 2.50 bits per heavy atom. The number of hydrogen-bond acceptors (Lipinski definition) is 2. The van der Waals surface area contributed by atoms with Crippen molar-refractivity contribution in [2.75, 3.05) is 0 Å². The van der Waals surface area contributed by atoms with Gasteiger partial charge in [-0.05, 0) is 38.2 Å². The van der Waals surface area contributed by atoms with Crippen LogP contribution >= 0.6 is 0 Å². The number of carboxylic acids is 1. The first-order chi connectivity index (χ1) is 8.60. The molecule has 18 heavy (non-hydrogen) atoms. The van der Waals surface area contributed by atoms with Crippen LogP contribution in [0.25, 0.3) is 0 Å². The fourth-order valence-corrected chi connectivity index (χ4v) is 2.40. The molecule has 98 valence electrons. The minimum atomic E-state index is -0.677. The lowest BCUT2D eigenvalue weighted by atomic mass is 9.75. The van der Waals surface area contributed by atoms with E-state index in [2.05, 4.69) is 0 Å². The highest BCUT2D eigenvalue weighted by atomic mass is 16.5. The molecule has 0 radical (unpaired) electrons. The summed E-state index contributed by atoms with van der Waals surface area (Å²) in [5, 5.41) is 9.15. The van der Waals surface area contributed by atoms with Gasteiger partial charge >= 0.3 is 5.97 Å². The van der Waals surface area contributed by atoms with E-state index in [9.17, 15) is 4.79 Å². The van der Waals surface area contributed by atoms with Crippen LogP contribution in [0.15, 0.2) is 30.3 Å². The number of ether oxygens (including phenoxy) is 1. The van der Waals surface area contributed by atoms with Crippen LogP contribution in [0.4, 0.5) is 0 Å². The third kappa shape index (κ3) is 3.10. The molecular weight excluding hydrogens is 228 g/mol. The molecule has 1 fully saturated rings. The highest BCUT2D eigenvalue weighted by Crippen LogP contribution is 2.37. The van der Waals surface area contributed by atoms with E-state index >= 15 is 0 Å². The molecule has 3 nitrogen and oxygen atoms in total. The number of carbonyl (C=O) groups is 1. The molecule has 1 aromatic rings. The second-order valence-electron chi connectivity index (χ2n) is 5.36. The van der Waals surface area contributed by atoms with E-state index in [1.165, 1.54) is 5.56 Å². The van der Waals surface area contributed by atoms with Crippen LogP contribution in [0.5, 0.6) is 0 Å². The zero-order valence-electron chi connectivity index (χ0n) is 10.8. The number of hydrogen-bond donors (Lipinski definition) is 1. The quantitative estimate of drug-likeness (QED) is 0.889. The van der Waals surface area contributed by atoms with Crippen LogP contribution in [0.3, 0.4) is 0 Å². The number of rotatable bonds is 4. The minimum absolute atomic E-state index is 0.206. The zero-order chi connectivity index (χ0) is 13.0. The summed E-state index contributed by atoms with van der Waals surface area (Å²) in [6.45, 7) is 2.46. The van der Waals surface area contributed by atoms with Crippen molar-refractivity contribution in [3.05, 3.63) is 35.9 Å². The Hall–Kier alpha value is -1.35. The van der Waals surface area contributed by atoms with Gasteiger partial charge in [-0.2, -0.15) is 0 Å². The molecule has 1 saturated carbocycles. The number of aliphatic carboxylic acids is 1. The lowest BCUT2D eigenvalue weighted by Crippen LogP contribution is -2.34. The highest BCUT2D eigenvalue weighted by molar-refractivity contribution is 5.74. The molecule has 0 aliphatic heterocycles. The maximum Gasteiger partial charge on any atom is 0.309 e. The first kappa shape index (κ1) is 13.1. The van der Waals surface area contributed by atoms with Gasteiger partial charge in [-0.1, -0.05) is 30.3 Å². The summed E-state index contributed by atoms with van der Waals surface area (Å²) < 4.78 is 5.85. The number of benzene rings is 1. The summed E-state index contributed by atoms with van der Waals surface area (Å²) in [4.78, 5) is 11.1. The van der Waals surface area contributed by atoms with Crippen molar-refractivity contribution in [3.63, 3.8) is 0 Å². The molecule has 0 amide bonds. The topological polar surface area (TPSA) is 46.5 Å². The molecule has 0 heterocycles. The fourth-order valence-electron chi connectivity index (χ4n) is 2.40. The van der Waals surface area contributed by atoms with Crippen LogP contribution in [-0.4, -0.2) is 17.2 Å². The Morgan fingerprint density at radius 2 is 1.94 bits per heavy atom. The maximum atomic E-state index is 11.1. The largest absolute Gasteiger partial charge is 0.481 e. The SMILES string of the molecule is CC1(C(=O)O)CCC(OCc2ccccc2)CC1. The summed E-state index contributed by atoms with van der Waals surface area (Å²) in [6, 6.07) is 10.1. The van der Waals surface area contributed by atoms with Gasteiger partial charge in [-0.25, -0.2) is 0 Å². The molecule has 1 aliphatic carbocycles. The highest BCUT2D eigenvalue weighted by Gasteiger charge is 2.37. The Balaban J connectivity index is 1.79. The van der Waals surface area contributed by atoms with Crippen LogP contribution < -0.4 is 0 Å². The normalized spacial score (nSPS) is 27.9. The van der Waals surface area contributed by atoms with Crippen LogP contribution in [-0.2, 0) is 16.1 Å². The van der Waals surface area contributed by atoms with Gasteiger partial charge in [-0.15, -0.1) is 0 Å². The average molecular weight is 248 g/mol. The molecule has 0 bridgehead atoms. The Bertz CT molecular complexity index is 391. The molecule has 1 aromatic carbocycles. The van der Waals surface area contributed by atoms with E-state index in [0.29, 0.717) is 19.4 Å². The summed E-state index contributed by atoms with van der Waals surface area (Å²) in [7, 11) is 0. The smallest absolute Gasteiger partial charge is 0.309 e. The van der Waals surface area contributed by atoms with Crippen LogP contribution in [0, 0.1) is 5.41 Å². The monoisotopic (exact) mass is 248 g/mol. The molecular formula is C15H20O3. The molecule has 0 unspecified atom stereocenters. The Kier molecular flexibility index (Phi) is 4.02. The summed E-state index contributed by atoms with van der Waals surface area (Å²) in [5.74, 6) is -0.677. The van der Waals surface area contributed by atoms with Crippen molar-refractivity contribution in [2.45, 2.75) is 45.3 Å². The number of carboxylic acid groups (broad SMARTS) is 1. The van der Waals surface area contributed by atoms with Crippen molar-refractivity contribution < 1.29 is 14.6 Å². The second-order valence-corrected chi connectivity index (χ2v) is 5.36. The molecule has 0 saturated heterocycles. The van der Waals surface area contributed by atoms with E-state index in [-0.39, 0.29) is 6.10 Å². The zero-order valence-corrected chi connectivity index (χ0v) is 10.8. The summed E-state index contributed by atoms with van der Waals surface area (Å²) in [5.41, 5.74) is 0.621. The van der Waals surface area contributed by atoms with Gasteiger partial charge in [0.1, 0.15) is 0 Å². The minimum Gasteiger partial charge on any atom is -0.481 e. The second kappa shape index (κ2) is 5.53. The van der Waals surface area contributed by atoms with E-state index in [1.807, 2.05) is 37.3 Å².